The lowest BCUT2D eigenvalue weighted by Gasteiger charge is -2.20. The Balaban J connectivity index is 1.70. The average Bonchev–Trinajstić information content (AvgIpc) is 3.11. The molecule has 2 aromatic heterocycles. The van der Waals surface area contributed by atoms with Crippen LogP contribution in [0.1, 0.15) is 11.3 Å². The summed E-state index contributed by atoms with van der Waals surface area (Å²) < 4.78 is 14.2. The summed E-state index contributed by atoms with van der Waals surface area (Å²) in [5.74, 6) is -0.486. The van der Waals surface area contributed by atoms with Gasteiger partial charge in [-0.1, -0.05) is 47.2 Å². The van der Waals surface area contributed by atoms with Gasteiger partial charge in [0, 0.05) is 11.2 Å². The van der Waals surface area contributed by atoms with Crippen LogP contribution < -0.4 is 4.90 Å². The third kappa shape index (κ3) is 4.03. The molecule has 28 heavy (non-hydrogen) atoms. The lowest BCUT2D eigenvalue weighted by atomic mass is 10.1. The second-order valence-corrected chi connectivity index (χ2v) is 7.59. The Hall–Kier alpha value is -2.83. The molecule has 2 aromatic carbocycles. The van der Waals surface area contributed by atoms with E-state index in [1.165, 1.54) is 23.5 Å². The van der Waals surface area contributed by atoms with Gasteiger partial charge in [0.1, 0.15) is 5.82 Å². The fraction of sp³-hybridized carbons (Fsp3) is 0.0952. The second-order valence-electron chi connectivity index (χ2n) is 6.18. The van der Waals surface area contributed by atoms with Gasteiger partial charge in [-0.2, -0.15) is 0 Å². The van der Waals surface area contributed by atoms with E-state index in [2.05, 4.69) is 9.97 Å². The Morgan fingerprint density at radius 3 is 2.71 bits per heavy atom. The molecule has 0 fully saturated rings. The van der Waals surface area contributed by atoms with Gasteiger partial charge >= 0.3 is 0 Å². The second kappa shape index (κ2) is 8.04. The number of nitrogens with zero attached hydrogens (tertiary/aromatic N) is 3. The van der Waals surface area contributed by atoms with Crippen molar-refractivity contribution in [1.29, 1.82) is 0 Å². The predicted octanol–water partition coefficient (Wildman–Crippen LogP) is 5.26. The van der Waals surface area contributed by atoms with E-state index < -0.39 is 0 Å². The normalized spacial score (nSPS) is 10.9. The summed E-state index contributed by atoms with van der Waals surface area (Å²) in [7, 11) is 0. The van der Waals surface area contributed by atoms with Crippen LogP contribution in [0.25, 0.3) is 10.2 Å². The van der Waals surface area contributed by atoms with E-state index in [4.69, 9.17) is 11.6 Å². The van der Waals surface area contributed by atoms with Crippen molar-refractivity contribution in [1.82, 2.24) is 9.97 Å². The van der Waals surface area contributed by atoms with Gasteiger partial charge in [-0.25, -0.2) is 9.37 Å². The van der Waals surface area contributed by atoms with Crippen molar-refractivity contribution in [3.63, 3.8) is 0 Å². The highest BCUT2D eigenvalue weighted by atomic mass is 35.5. The number of fused-ring (bicyclic) bond motifs is 1. The Morgan fingerprint density at radius 2 is 1.93 bits per heavy atom. The van der Waals surface area contributed by atoms with Crippen molar-refractivity contribution in [2.45, 2.75) is 13.0 Å². The van der Waals surface area contributed by atoms with Gasteiger partial charge in [0.25, 0.3) is 0 Å². The molecule has 0 aliphatic heterocycles. The van der Waals surface area contributed by atoms with Crippen LogP contribution in [0, 0.1) is 5.82 Å². The molecule has 1 amide bonds. The summed E-state index contributed by atoms with van der Waals surface area (Å²) in [5, 5.41) is 1.04. The molecule has 0 unspecified atom stereocenters. The number of hydrogen-bond acceptors (Lipinski definition) is 4. The largest absolute Gasteiger partial charge is 0.282 e. The van der Waals surface area contributed by atoms with Crippen molar-refractivity contribution >= 4 is 44.2 Å². The third-order valence-electron chi connectivity index (χ3n) is 4.22. The zero-order valence-corrected chi connectivity index (χ0v) is 16.3. The topological polar surface area (TPSA) is 46.1 Å². The van der Waals surface area contributed by atoms with E-state index in [1.54, 1.807) is 23.2 Å². The highest BCUT2D eigenvalue weighted by Gasteiger charge is 2.22. The Labute approximate surface area is 170 Å². The first-order valence-corrected chi connectivity index (χ1v) is 9.79. The van der Waals surface area contributed by atoms with Crippen LogP contribution in [-0.4, -0.2) is 15.9 Å². The number of rotatable bonds is 5. The number of carbonyl (C=O) groups excluding carboxylic acids is 1. The number of pyridine rings is 1. The predicted molar refractivity (Wildman–Crippen MR) is 110 cm³/mol. The van der Waals surface area contributed by atoms with Crippen LogP contribution >= 0.6 is 22.9 Å². The quantitative estimate of drug-likeness (QED) is 0.450. The molecule has 0 atom stereocenters. The fourth-order valence-corrected chi connectivity index (χ4v) is 4.03. The number of benzene rings is 2. The number of thiazole rings is 1. The molecule has 7 heteroatoms. The van der Waals surface area contributed by atoms with Crippen molar-refractivity contribution in [2.24, 2.45) is 0 Å². The molecule has 4 aromatic rings. The van der Waals surface area contributed by atoms with E-state index in [-0.39, 0.29) is 24.7 Å². The molecule has 4 nitrogen and oxygen atoms in total. The zero-order chi connectivity index (χ0) is 19.5. The first-order chi connectivity index (χ1) is 13.6. The Bertz CT molecular complexity index is 1130. The summed E-state index contributed by atoms with van der Waals surface area (Å²) in [6, 6.07) is 17.2. The van der Waals surface area contributed by atoms with E-state index in [0.717, 1.165) is 11.3 Å². The van der Waals surface area contributed by atoms with Crippen LogP contribution in [0.3, 0.4) is 0 Å². The Kier molecular flexibility index (Phi) is 5.32. The lowest BCUT2D eigenvalue weighted by Crippen LogP contribution is -2.32. The monoisotopic (exact) mass is 411 g/mol. The molecule has 0 aliphatic carbocycles. The van der Waals surface area contributed by atoms with E-state index >= 15 is 0 Å². The number of hydrogen-bond donors (Lipinski definition) is 0. The minimum atomic E-state index is -0.332. The van der Waals surface area contributed by atoms with Gasteiger partial charge in [-0.3, -0.25) is 14.7 Å². The standard InChI is InChI=1S/C21H15ClFN3OS/c22-17-7-2-1-5-14(17)11-20(27)26(13-16-6-3-4-10-24-16)21-25-18-9-8-15(23)12-19(18)28-21/h1-10,12H,11,13H2. The number of halogens is 2. The van der Waals surface area contributed by atoms with E-state index in [1.807, 2.05) is 36.4 Å². The van der Waals surface area contributed by atoms with Gasteiger partial charge in [0.15, 0.2) is 5.13 Å². The third-order valence-corrected chi connectivity index (χ3v) is 5.63. The van der Waals surface area contributed by atoms with Crippen LogP contribution in [-0.2, 0) is 17.8 Å². The maximum Gasteiger partial charge on any atom is 0.233 e. The van der Waals surface area contributed by atoms with Crippen molar-refractivity contribution in [3.8, 4) is 0 Å². The van der Waals surface area contributed by atoms with Gasteiger partial charge in [0.2, 0.25) is 5.91 Å². The van der Waals surface area contributed by atoms with Crippen molar-refractivity contribution in [3.05, 3.63) is 89.0 Å². The molecule has 0 aliphatic rings. The number of carbonyl (C=O) groups is 1. The average molecular weight is 412 g/mol. The summed E-state index contributed by atoms with van der Waals surface area (Å²) >= 11 is 7.50. The minimum absolute atomic E-state index is 0.136. The first-order valence-electron chi connectivity index (χ1n) is 8.60. The maximum atomic E-state index is 13.6. The number of aromatic nitrogens is 2. The highest BCUT2D eigenvalue weighted by Crippen LogP contribution is 2.31. The van der Waals surface area contributed by atoms with Crippen LogP contribution in [0.15, 0.2) is 66.9 Å². The molecule has 0 radical (unpaired) electrons. The summed E-state index contributed by atoms with van der Waals surface area (Å²) in [6.07, 6.45) is 1.82. The highest BCUT2D eigenvalue weighted by molar-refractivity contribution is 7.22. The molecule has 0 spiro atoms. The molecular weight excluding hydrogens is 397 g/mol. The summed E-state index contributed by atoms with van der Waals surface area (Å²) in [6.45, 7) is 0.270. The summed E-state index contributed by atoms with van der Waals surface area (Å²) in [5.41, 5.74) is 2.13. The summed E-state index contributed by atoms with van der Waals surface area (Å²) in [4.78, 5) is 23.6. The van der Waals surface area contributed by atoms with Crippen LogP contribution in [0.4, 0.5) is 9.52 Å². The lowest BCUT2D eigenvalue weighted by molar-refractivity contribution is -0.118. The van der Waals surface area contributed by atoms with Gasteiger partial charge in [-0.05, 0) is 42.0 Å². The molecule has 4 rings (SSSR count). The molecule has 2 heterocycles. The van der Waals surface area contributed by atoms with Gasteiger partial charge in [0.05, 0.1) is 28.9 Å². The first kappa shape index (κ1) is 18.5. The Morgan fingerprint density at radius 1 is 1.11 bits per heavy atom. The van der Waals surface area contributed by atoms with Gasteiger partial charge < -0.3 is 0 Å². The van der Waals surface area contributed by atoms with Crippen molar-refractivity contribution < 1.29 is 9.18 Å². The van der Waals surface area contributed by atoms with Crippen LogP contribution in [0.2, 0.25) is 5.02 Å². The molecule has 140 valence electrons. The van der Waals surface area contributed by atoms with Gasteiger partial charge in [-0.15, -0.1) is 0 Å². The van der Waals surface area contributed by atoms with Crippen LogP contribution in [0.5, 0.6) is 0 Å². The van der Waals surface area contributed by atoms with E-state index in [0.29, 0.717) is 20.4 Å². The molecule has 0 saturated carbocycles. The smallest absolute Gasteiger partial charge is 0.233 e. The maximum absolute atomic E-state index is 13.6. The SMILES string of the molecule is O=C(Cc1ccccc1Cl)N(Cc1ccccn1)c1nc2ccc(F)cc2s1. The minimum Gasteiger partial charge on any atom is -0.282 e. The fourth-order valence-electron chi connectivity index (χ4n) is 2.82. The number of amides is 1. The number of anilines is 1. The molecule has 0 saturated heterocycles. The zero-order valence-electron chi connectivity index (χ0n) is 14.7. The molecule has 0 bridgehead atoms. The molecule has 0 N–H and O–H groups in total. The van der Waals surface area contributed by atoms with E-state index in [9.17, 15) is 9.18 Å². The van der Waals surface area contributed by atoms with Crippen molar-refractivity contribution in [2.75, 3.05) is 4.90 Å². The molecular formula is C21H15ClFN3OS.